The number of benzene rings is 2. The Labute approximate surface area is 160 Å². The Bertz CT molecular complexity index is 779. The number of nitrogens with one attached hydrogen (secondary N) is 2. The molecule has 0 aliphatic carbocycles. The quantitative estimate of drug-likeness (QED) is 0.448. The van der Waals surface area contributed by atoms with Crippen molar-refractivity contribution in [2.45, 2.75) is 17.6 Å². The van der Waals surface area contributed by atoms with Crippen LogP contribution in [0.4, 0.5) is 0 Å². The summed E-state index contributed by atoms with van der Waals surface area (Å²) in [6.45, 7) is 0.770. The third-order valence-electron chi connectivity index (χ3n) is 3.12. The molecule has 136 valence electrons. The molecule has 0 bridgehead atoms. The highest BCUT2D eigenvalue weighted by atomic mass is 35.5. The van der Waals surface area contributed by atoms with E-state index in [0.29, 0.717) is 10.6 Å². The number of carbonyl (C=O) groups is 3. The third kappa shape index (κ3) is 6.78. The molecular weight excluding hydrogens is 376 g/mol. The van der Waals surface area contributed by atoms with Crippen LogP contribution in [0.5, 0.6) is 0 Å². The summed E-state index contributed by atoms with van der Waals surface area (Å²) in [5, 5.41) is 0.697. The van der Waals surface area contributed by atoms with Crippen LogP contribution in [0, 0.1) is 0 Å². The molecule has 0 atom stereocenters. The lowest BCUT2D eigenvalue weighted by Gasteiger charge is -2.07. The average molecular weight is 393 g/mol. The standard InChI is InChI=1S/C18H17ClN2O4S/c1-12(22)20-21-17(23)10-25-18(24)14-4-2-13(3-5-14)11-26-16-8-6-15(19)7-9-16/h2-9H,10-11H2,1H3,(H,20,22)(H,21,23). The van der Waals surface area contributed by atoms with Gasteiger partial charge in [0.2, 0.25) is 5.91 Å². The number of carbonyl (C=O) groups excluding carboxylic acids is 3. The predicted molar refractivity (Wildman–Crippen MR) is 99.7 cm³/mol. The molecule has 26 heavy (non-hydrogen) atoms. The van der Waals surface area contributed by atoms with Crippen LogP contribution < -0.4 is 10.9 Å². The van der Waals surface area contributed by atoms with Gasteiger partial charge >= 0.3 is 5.97 Å². The number of thioether (sulfide) groups is 1. The molecule has 0 saturated carbocycles. The lowest BCUT2D eigenvalue weighted by atomic mass is 10.1. The molecule has 0 fully saturated rings. The Kier molecular flexibility index (Phi) is 7.50. The van der Waals surface area contributed by atoms with Gasteiger partial charge in [0, 0.05) is 22.6 Å². The first-order chi connectivity index (χ1) is 12.4. The van der Waals surface area contributed by atoms with Crippen LogP contribution in [0.25, 0.3) is 0 Å². The minimum absolute atomic E-state index is 0.345. The fourth-order valence-electron chi connectivity index (χ4n) is 1.84. The molecule has 0 aromatic heterocycles. The summed E-state index contributed by atoms with van der Waals surface area (Å²) in [6.07, 6.45) is 0. The second-order valence-corrected chi connectivity index (χ2v) is 6.73. The van der Waals surface area contributed by atoms with Gasteiger partial charge in [-0.15, -0.1) is 11.8 Å². The number of ether oxygens (including phenoxy) is 1. The van der Waals surface area contributed by atoms with E-state index in [1.807, 2.05) is 36.4 Å². The van der Waals surface area contributed by atoms with Crippen LogP contribution in [0.2, 0.25) is 5.02 Å². The zero-order valence-electron chi connectivity index (χ0n) is 14.0. The SMILES string of the molecule is CC(=O)NNC(=O)COC(=O)c1ccc(CSc2ccc(Cl)cc2)cc1. The first-order valence-corrected chi connectivity index (χ1v) is 9.00. The van der Waals surface area contributed by atoms with Crippen molar-refractivity contribution in [3.8, 4) is 0 Å². The first-order valence-electron chi connectivity index (χ1n) is 7.64. The summed E-state index contributed by atoms with van der Waals surface area (Å²) in [4.78, 5) is 35.0. The maximum atomic E-state index is 11.9. The van der Waals surface area contributed by atoms with Gasteiger partial charge in [-0.25, -0.2) is 4.79 Å². The molecule has 2 amide bonds. The molecule has 0 aliphatic rings. The number of halogens is 1. The smallest absolute Gasteiger partial charge is 0.338 e. The first kappa shape index (κ1) is 19.8. The van der Waals surface area contributed by atoms with E-state index in [0.717, 1.165) is 16.2 Å². The van der Waals surface area contributed by atoms with Crippen molar-refractivity contribution in [1.29, 1.82) is 0 Å². The van der Waals surface area contributed by atoms with E-state index < -0.39 is 24.4 Å². The summed E-state index contributed by atoms with van der Waals surface area (Å²) in [5.74, 6) is -0.906. The number of hydrogen-bond donors (Lipinski definition) is 2. The zero-order chi connectivity index (χ0) is 18.9. The van der Waals surface area contributed by atoms with Crippen molar-refractivity contribution in [2.24, 2.45) is 0 Å². The normalized spacial score (nSPS) is 10.1. The summed E-state index contributed by atoms with van der Waals surface area (Å²) < 4.78 is 4.88. The maximum absolute atomic E-state index is 11.9. The monoisotopic (exact) mass is 392 g/mol. The number of hydrazine groups is 1. The molecule has 0 radical (unpaired) electrons. The van der Waals surface area contributed by atoms with E-state index in [1.165, 1.54) is 6.92 Å². The number of hydrogen-bond acceptors (Lipinski definition) is 5. The predicted octanol–water partition coefficient (Wildman–Crippen LogP) is 2.96. The van der Waals surface area contributed by atoms with E-state index in [1.54, 1.807) is 23.9 Å². The summed E-state index contributed by atoms with van der Waals surface area (Å²) in [5.41, 5.74) is 5.61. The molecule has 2 rings (SSSR count). The molecule has 0 heterocycles. The topological polar surface area (TPSA) is 84.5 Å². The van der Waals surface area contributed by atoms with E-state index in [9.17, 15) is 14.4 Å². The second-order valence-electron chi connectivity index (χ2n) is 5.25. The van der Waals surface area contributed by atoms with Gasteiger partial charge in [0.25, 0.3) is 5.91 Å². The Morgan fingerprint density at radius 2 is 1.65 bits per heavy atom. The van der Waals surface area contributed by atoms with Gasteiger partial charge in [-0.3, -0.25) is 20.4 Å². The molecule has 0 spiro atoms. The average Bonchev–Trinajstić information content (AvgIpc) is 2.64. The van der Waals surface area contributed by atoms with Crippen LogP contribution >= 0.6 is 23.4 Å². The molecule has 2 N–H and O–H groups in total. The molecule has 2 aromatic carbocycles. The van der Waals surface area contributed by atoms with Crippen molar-refractivity contribution in [3.05, 3.63) is 64.7 Å². The Hall–Kier alpha value is -2.51. The van der Waals surface area contributed by atoms with Crippen molar-refractivity contribution in [2.75, 3.05) is 6.61 Å². The number of amides is 2. The van der Waals surface area contributed by atoms with E-state index >= 15 is 0 Å². The lowest BCUT2D eigenvalue weighted by Crippen LogP contribution is -2.42. The fraction of sp³-hybridized carbons (Fsp3) is 0.167. The highest BCUT2D eigenvalue weighted by Gasteiger charge is 2.10. The number of rotatable bonds is 6. The number of esters is 1. The van der Waals surface area contributed by atoms with Gasteiger partial charge < -0.3 is 4.74 Å². The maximum Gasteiger partial charge on any atom is 0.338 e. The largest absolute Gasteiger partial charge is 0.452 e. The molecule has 2 aromatic rings. The fourth-order valence-corrected chi connectivity index (χ4v) is 2.82. The van der Waals surface area contributed by atoms with Crippen molar-refractivity contribution >= 4 is 41.1 Å². The highest BCUT2D eigenvalue weighted by molar-refractivity contribution is 7.98. The minimum atomic E-state index is -0.621. The molecular formula is C18H17ClN2O4S. The minimum Gasteiger partial charge on any atom is -0.452 e. The lowest BCUT2D eigenvalue weighted by molar-refractivity contribution is -0.129. The highest BCUT2D eigenvalue weighted by Crippen LogP contribution is 2.24. The van der Waals surface area contributed by atoms with E-state index in [2.05, 4.69) is 10.9 Å². The van der Waals surface area contributed by atoms with Crippen molar-refractivity contribution < 1.29 is 19.1 Å². The summed E-state index contributed by atoms with van der Waals surface area (Å²) >= 11 is 7.51. The Morgan fingerprint density at radius 3 is 2.27 bits per heavy atom. The van der Waals surface area contributed by atoms with Crippen LogP contribution in [0.15, 0.2) is 53.4 Å². The Morgan fingerprint density at radius 1 is 1.00 bits per heavy atom. The van der Waals surface area contributed by atoms with Crippen molar-refractivity contribution in [3.63, 3.8) is 0 Å². The molecule has 0 aliphatic heterocycles. The van der Waals surface area contributed by atoms with Gasteiger partial charge in [0.1, 0.15) is 0 Å². The van der Waals surface area contributed by atoms with E-state index in [-0.39, 0.29) is 0 Å². The third-order valence-corrected chi connectivity index (χ3v) is 4.46. The van der Waals surface area contributed by atoms with Crippen LogP contribution in [-0.2, 0) is 20.1 Å². The second kappa shape index (κ2) is 9.84. The Balaban J connectivity index is 1.80. The summed E-state index contributed by atoms with van der Waals surface area (Å²) in [7, 11) is 0. The van der Waals surface area contributed by atoms with Gasteiger partial charge in [0.15, 0.2) is 6.61 Å². The zero-order valence-corrected chi connectivity index (χ0v) is 15.5. The van der Waals surface area contributed by atoms with Crippen LogP contribution in [-0.4, -0.2) is 24.4 Å². The molecule has 8 heteroatoms. The van der Waals surface area contributed by atoms with Crippen LogP contribution in [0.3, 0.4) is 0 Å². The molecule has 0 saturated heterocycles. The van der Waals surface area contributed by atoms with E-state index in [4.69, 9.17) is 16.3 Å². The van der Waals surface area contributed by atoms with Gasteiger partial charge in [-0.05, 0) is 42.0 Å². The van der Waals surface area contributed by atoms with Gasteiger partial charge in [-0.1, -0.05) is 23.7 Å². The molecule has 0 unspecified atom stereocenters. The van der Waals surface area contributed by atoms with Gasteiger partial charge in [-0.2, -0.15) is 0 Å². The molecule has 6 nitrogen and oxygen atoms in total. The van der Waals surface area contributed by atoms with Gasteiger partial charge in [0.05, 0.1) is 5.56 Å². The van der Waals surface area contributed by atoms with Crippen molar-refractivity contribution in [1.82, 2.24) is 10.9 Å². The van der Waals surface area contributed by atoms with Crippen LogP contribution in [0.1, 0.15) is 22.8 Å². The summed E-state index contributed by atoms with van der Waals surface area (Å²) in [6, 6.07) is 14.5.